The maximum atomic E-state index is 11.1. The Labute approximate surface area is 100 Å². The molecular formula is C11H11BrO2S. The number of thiophene rings is 1. The van der Waals surface area contributed by atoms with E-state index in [4.69, 9.17) is 5.11 Å². The molecule has 0 aliphatic heterocycles. The number of carbonyl (C=O) groups is 1. The molecule has 0 radical (unpaired) electrons. The summed E-state index contributed by atoms with van der Waals surface area (Å²) in [6, 6.07) is 0. The van der Waals surface area contributed by atoms with Crippen molar-refractivity contribution in [3.63, 3.8) is 0 Å². The van der Waals surface area contributed by atoms with Gasteiger partial charge >= 0.3 is 5.97 Å². The van der Waals surface area contributed by atoms with Crippen LogP contribution in [0.15, 0.2) is 3.79 Å². The molecule has 2 nitrogen and oxygen atoms in total. The van der Waals surface area contributed by atoms with E-state index in [1.807, 2.05) is 0 Å². The number of rotatable bonds is 1. The van der Waals surface area contributed by atoms with Crippen molar-refractivity contribution in [3.8, 4) is 0 Å². The molecule has 1 aromatic heterocycles. The zero-order valence-corrected chi connectivity index (χ0v) is 10.6. The topological polar surface area (TPSA) is 37.3 Å². The third-order valence-corrected chi connectivity index (χ3v) is 5.56. The highest BCUT2D eigenvalue weighted by Gasteiger charge is 2.46. The van der Waals surface area contributed by atoms with Gasteiger partial charge in [-0.1, -0.05) is 0 Å². The van der Waals surface area contributed by atoms with E-state index in [0.717, 1.165) is 22.2 Å². The minimum Gasteiger partial charge on any atom is -0.478 e. The number of aromatic carboxylic acids is 1. The molecule has 0 bridgehead atoms. The summed E-state index contributed by atoms with van der Waals surface area (Å²) in [5.74, 6) is -0.786. The van der Waals surface area contributed by atoms with Crippen LogP contribution in [-0.4, -0.2) is 11.1 Å². The minimum atomic E-state index is -0.786. The summed E-state index contributed by atoms with van der Waals surface area (Å²) < 4.78 is 0.803. The molecule has 0 amide bonds. The molecule has 0 atom stereocenters. The average Bonchev–Trinajstić information content (AvgIpc) is 2.80. The standard InChI is InChI=1S/C11H11BrO2S/c12-9-8(10(13)14)6-1-2-11(3-4-11)5-7(6)15-9/h1-5H2,(H,13,14). The lowest BCUT2D eigenvalue weighted by atomic mass is 9.85. The second kappa shape index (κ2) is 3.08. The van der Waals surface area contributed by atoms with Gasteiger partial charge in [0.25, 0.3) is 0 Å². The molecule has 1 fully saturated rings. The van der Waals surface area contributed by atoms with Crippen LogP contribution >= 0.6 is 27.3 Å². The maximum Gasteiger partial charge on any atom is 0.338 e. The minimum absolute atomic E-state index is 0.519. The van der Waals surface area contributed by atoms with E-state index in [2.05, 4.69) is 15.9 Å². The van der Waals surface area contributed by atoms with Gasteiger partial charge in [0.15, 0.2) is 0 Å². The zero-order valence-electron chi connectivity index (χ0n) is 8.18. The molecule has 4 heteroatoms. The SMILES string of the molecule is O=C(O)c1c(Br)sc2c1CCC1(CC1)C2. The molecule has 0 saturated heterocycles. The summed E-state index contributed by atoms with van der Waals surface area (Å²) in [7, 11) is 0. The van der Waals surface area contributed by atoms with Gasteiger partial charge in [-0.15, -0.1) is 11.3 Å². The third kappa shape index (κ3) is 1.46. The Hall–Kier alpha value is -0.350. The Morgan fingerprint density at radius 3 is 2.73 bits per heavy atom. The number of carboxylic acid groups (broad SMARTS) is 1. The maximum absolute atomic E-state index is 11.1. The monoisotopic (exact) mass is 286 g/mol. The molecule has 2 aliphatic rings. The molecule has 2 aliphatic carbocycles. The van der Waals surface area contributed by atoms with Gasteiger partial charge in [-0.2, -0.15) is 0 Å². The van der Waals surface area contributed by atoms with Crippen LogP contribution in [0.4, 0.5) is 0 Å². The van der Waals surface area contributed by atoms with Gasteiger partial charge in [-0.05, 0) is 59.0 Å². The van der Waals surface area contributed by atoms with Gasteiger partial charge in [0.2, 0.25) is 0 Å². The number of fused-ring (bicyclic) bond motifs is 1. The molecule has 1 saturated carbocycles. The number of carboxylic acids is 1. The molecule has 15 heavy (non-hydrogen) atoms. The fraction of sp³-hybridized carbons (Fsp3) is 0.545. The van der Waals surface area contributed by atoms with Crippen molar-refractivity contribution < 1.29 is 9.90 Å². The highest BCUT2D eigenvalue weighted by Crippen LogP contribution is 2.56. The normalized spacial score (nSPS) is 21.4. The Morgan fingerprint density at radius 1 is 1.40 bits per heavy atom. The first-order valence-electron chi connectivity index (χ1n) is 5.15. The average molecular weight is 287 g/mol. The number of hydrogen-bond donors (Lipinski definition) is 1. The van der Waals surface area contributed by atoms with E-state index >= 15 is 0 Å². The summed E-state index contributed by atoms with van der Waals surface area (Å²) in [5.41, 5.74) is 2.18. The van der Waals surface area contributed by atoms with Gasteiger partial charge < -0.3 is 5.11 Å². The van der Waals surface area contributed by atoms with Crippen molar-refractivity contribution in [1.82, 2.24) is 0 Å². The van der Waals surface area contributed by atoms with E-state index in [0.29, 0.717) is 11.0 Å². The van der Waals surface area contributed by atoms with E-state index in [1.165, 1.54) is 24.1 Å². The number of hydrogen-bond acceptors (Lipinski definition) is 2. The molecule has 1 spiro atoms. The van der Waals surface area contributed by atoms with Crippen LogP contribution in [0, 0.1) is 5.41 Å². The number of halogens is 1. The molecule has 80 valence electrons. The largest absolute Gasteiger partial charge is 0.478 e. The Bertz CT molecular complexity index is 446. The van der Waals surface area contributed by atoms with Crippen molar-refractivity contribution in [2.24, 2.45) is 5.41 Å². The van der Waals surface area contributed by atoms with Gasteiger partial charge in [-0.3, -0.25) is 0 Å². The van der Waals surface area contributed by atoms with Crippen molar-refractivity contribution >= 4 is 33.2 Å². The van der Waals surface area contributed by atoms with E-state index in [1.54, 1.807) is 11.3 Å². The van der Waals surface area contributed by atoms with Crippen LogP contribution < -0.4 is 0 Å². The summed E-state index contributed by atoms with van der Waals surface area (Å²) >= 11 is 5.00. The van der Waals surface area contributed by atoms with Crippen molar-refractivity contribution in [2.75, 3.05) is 0 Å². The second-order valence-corrected chi connectivity index (χ2v) is 7.06. The highest BCUT2D eigenvalue weighted by molar-refractivity contribution is 9.11. The van der Waals surface area contributed by atoms with Crippen molar-refractivity contribution in [1.29, 1.82) is 0 Å². The predicted molar refractivity (Wildman–Crippen MR) is 62.7 cm³/mol. The smallest absolute Gasteiger partial charge is 0.338 e. The van der Waals surface area contributed by atoms with Crippen LogP contribution in [-0.2, 0) is 12.8 Å². The van der Waals surface area contributed by atoms with Crippen LogP contribution in [0.1, 0.15) is 40.1 Å². The highest BCUT2D eigenvalue weighted by atomic mass is 79.9. The fourth-order valence-corrected chi connectivity index (χ4v) is 4.75. The van der Waals surface area contributed by atoms with E-state index in [-0.39, 0.29) is 0 Å². The molecular weight excluding hydrogens is 276 g/mol. The van der Waals surface area contributed by atoms with Crippen LogP contribution in [0.25, 0.3) is 0 Å². The van der Waals surface area contributed by atoms with Gasteiger partial charge in [-0.25, -0.2) is 4.79 Å². The Morgan fingerprint density at radius 2 is 2.13 bits per heavy atom. The Kier molecular flexibility index (Phi) is 2.02. The summed E-state index contributed by atoms with van der Waals surface area (Å²) in [6.07, 6.45) is 5.93. The second-order valence-electron chi connectivity index (χ2n) is 4.63. The van der Waals surface area contributed by atoms with Crippen LogP contribution in [0.5, 0.6) is 0 Å². The lowest BCUT2D eigenvalue weighted by Gasteiger charge is -2.21. The molecule has 1 heterocycles. The third-order valence-electron chi connectivity index (χ3n) is 3.66. The molecule has 1 aromatic rings. The first kappa shape index (κ1) is 9.85. The summed E-state index contributed by atoms with van der Waals surface area (Å²) in [6.45, 7) is 0. The quantitative estimate of drug-likeness (QED) is 0.858. The van der Waals surface area contributed by atoms with E-state index < -0.39 is 5.97 Å². The van der Waals surface area contributed by atoms with Crippen LogP contribution in [0.3, 0.4) is 0 Å². The molecule has 0 unspecified atom stereocenters. The lowest BCUT2D eigenvalue weighted by molar-refractivity contribution is 0.0695. The van der Waals surface area contributed by atoms with Gasteiger partial charge in [0.1, 0.15) is 0 Å². The first-order chi connectivity index (χ1) is 7.11. The summed E-state index contributed by atoms with van der Waals surface area (Å²) in [5, 5.41) is 9.13. The van der Waals surface area contributed by atoms with E-state index in [9.17, 15) is 4.79 Å². The molecule has 1 N–H and O–H groups in total. The predicted octanol–water partition coefficient (Wildman–Crippen LogP) is 3.48. The molecule has 3 rings (SSSR count). The first-order valence-corrected chi connectivity index (χ1v) is 6.76. The van der Waals surface area contributed by atoms with Gasteiger partial charge in [0.05, 0.1) is 9.35 Å². The molecule has 0 aromatic carbocycles. The van der Waals surface area contributed by atoms with Crippen molar-refractivity contribution in [3.05, 3.63) is 19.8 Å². The summed E-state index contributed by atoms with van der Waals surface area (Å²) in [4.78, 5) is 12.4. The lowest BCUT2D eigenvalue weighted by Crippen LogP contribution is -2.15. The Balaban J connectivity index is 2.06. The van der Waals surface area contributed by atoms with Crippen LogP contribution in [0.2, 0.25) is 0 Å². The van der Waals surface area contributed by atoms with Gasteiger partial charge in [0, 0.05) is 4.88 Å². The zero-order chi connectivity index (χ0) is 10.6. The van der Waals surface area contributed by atoms with Crippen molar-refractivity contribution in [2.45, 2.75) is 32.1 Å². The fourth-order valence-electron chi connectivity index (χ4n) is 2.52.